The van der Waals surface area contributed by atoms with Gasteiger partial charge >= 0.3 is 0 Å². The minimum absolute atomic E-state index is 0.0253. The van der Waals surface area contributed by atoms with E-state index in [-0.39, 0.29) is 24.3 Å². The minimum atomic E-state index is -0.472. The number of fused-ring (bicyclic) bond motifs is 1. The van der Waals surface area contributed by atoms with E-state index in [2.05, 4.69) is 38.8 Å². The standard InChI is InChI=1S/C20H23FN6O/c1-4-12(2)27-7-5-6-14(11-27)24-19-17(21)15-9-22-20(28)16(15)18(25-19)13-8-23-26(3)10-13/h4,8,10,14H,1-2,5-7,9,11H2,3H3,(H,22,28)(H,24,25)/t14-/m1/s1. The van der Waals surface area contributed by atoms with Crippen molar-refractivity contribution in [1.82, 2.24) is 25.0 Å². The Kier molecular flexibility index (Phi) is 4.62. The van der Waals surface area contributed by atoms with Crippen molar-refractivity contribution in [1.29, 1.82) is 0 Å². The van der Waals surface area contributed by atoms with Gasteiger partial charge in [-0.1, -0.05) is 13.2 Å². The largest absolute Gasteiger partial charge is 0.370 e. The summed E-state index contributed by atoms with van der Waals surface area (Å²) in [5, 5.41) is 10.1. The zero-order valence-electron chi connectivity index (χ0n) is 15.8. The van der Waals surface area contributed by atoms with Gasteiger partial charge in [0.1, 0.15) is 0 Å². The zero-order chi connectivity index (χ0) is 19.8. The van der Waals surface area contributed by atoms with Crippen LogP contribution in [-0.2, 0) is 13.6 Å². The number of anilines is 1. The van der Waals surface area contributed by atoms with Crippen LogP contribution in [0.25, 0.3) is 11.3 Å². The summed E-state index contributed by atoms with van der Waals surface area (Å²) >= 11 is 0. The predicted octanol–water partition coefficient (Wildman–Crippen LogP) is 2.44. The number of likely N-dealkylation sites (tertiary alicyclic amines) is 1. The number of aryl methyl sites for hydroxylation is 1. The van der Waals surface area contributed by atoms with Crippen LogP contribution in [-0.4, -0.2) is 44.7 Å². The Bertz CT molecular complexity index is 966. The van der Waals surface area contributed by atoms with Gasteiger partial charge in [0.15, 0.2) is 11.6 Å². The Balaban J connectivity index is 1.69. The number of amides is 1. The number of carbonyl (C=O) groups is 1. The van der Waals surface area contributed by atoms with Crippen LogP contribution >= 0.6 is 0 Å². The molecule has 2 aliphatic rings. The fraction of sp³-hybridized carbons (Fsp3) is 0.350. The van der Waals surface area contributed by atoms with Gasteiger partial charge in [-0.3, -0.25) is 9.48 Å². The van der Waals surface area contributed by atoms with Crippen LogP contribution in [0.2, 0.25) is 0 Å². The second-order valence-electron chi connectivity index (χ2n) is 7.19. The van der Waals surface area contributed by atoms with Crippen molar-refractivity contribution in [2.45, 2.75) is 25.4 Å². The molecule has 4 rings (SSSR count). The van der Waals surface area contributed by atoms with Crippen LogP contribution in [0, 0.1) is 5.82 Å². The fourth-order valence-corrected chi connectivity index (χ4v) is 3.81. The van der Waals surface area contributed by atoms with Gasteiger partial charge in [-0.05, 0) is 18.9 Å². The lowest BCUT2D eigenvalue weighted by Crippen LogP contribution is -2.41. The molecule has 28 heavy (non-hydrogen) atoms. The Morgan fingerprint density at radius 3 is 3.04 bits per heavy atom. The molecular formula is C20H23FN6O. The first-order valence-corrected chi connectivity index (χ1v) is 9.30. The summed E-state index contributed by atoms with van der Waals surface area (Å²) in [6, 6.07) is 0.0253. The Hall–Kier alpha value is -3.16. The SMILES string of the molecule is C=CC(=C)N1CCC[C@@H](Nc2nc(-c3cnn(C)c3)c3c(c2F)CNC3=O)C1. The zero-order valence-corrected chi connectivity index (χ0v) is 15.8. The number of rotatable bonds is 5. The second-order valence-corrected chi connectivity index (χ2v) is 7.19. The summed E-state index contributed by atoms with van der Waals surface area (Å²) in [5.74, 6) is -0.608. The first kappa shape index (κ1) is 18.2. The molecule has 1 saturated heterocycles. The number of aromatic nitrogens is 3. The van der Waals surface area contributed by atoms with Crippen molar-refractivity contribution in [3.8, 4) is 11.3 Å². The number of carbonyl (C=O) groups excluding carboxylic acids is 1. The van der Waals surface area contributed by atoms with Gasteiger partial charge in [-0.25, -0.2) is 9.37 Å². The Labute approximate surface area is 162 Å². The molecule has 0 bridgehead atoms. The summed E-state index contributed by atoms with van der Waals surface area (Å²) < 4.78 is 16.8. The summed E-state index contributed by atoms with van der Waals surface area (Å²) in [6.45, 7) is 9.54. The van der Waals surface area contributed by atoms with Crippen LogP contribution in [0.1, 0.15) is 28.8 Å². The topological polar surface area (TPSA) is 75.1 Å². The van der Waals surface area contributed by atoms with Crippen LogP contribution in [0.4, 0.5) is 10.2 Å². The number of hydrogen-bond donors (Lipinski definition) is 2. The van der Waals surface area contributed by atoms with Gasteiger partial charge in [-0.2, -0.15) is 5.10 Å². The first-order chi connectivity index (χ1) is 13.5. The molecule has 1 fully saturated rings. The Morgan fingerprint density at radius 2 is 2.32 bits per heavy atom. The predicted molar refractivity (Wildman–Crippen MR) is 105 cm³/mol. The number of pyridine rings is 1. The van der Waals surface area contributed by atoms with Gasteiger partial charge < -0.3 is 15.5 Å². The first-order valence-electron chi connectivity index (χ1n) is 9.30. The van der Waals surface area contributed by atoms with E-state index in [1.165, 1.54) is 0 Å². The van der Waals surface area contributed by atoms with Gasteiger partial charge in [0.05, 0.1) is 17.5 Å². The summed E-state index contributed by atoms with van der Waals surface area (Å²) in [6.07, 6.45) is 7.00. The van der Waals surface area contributed by atoms with Gasteiger partial charge in [0.25, 0.3) is 5.91 Å². The molecule has 0 radical (unpaired) electrons. The molecule has 2 N–H and O–H groups in total. The van der Waals surface area contributed by atoms with Crippen molar-refractivity contribution < 1.29 is 9.18 Å². The molecule has 2 aromatic heterocycles. The van der Waals surface area contributed by atoms with Crippen LogP contribution in [0.5, 0.6) is 0 Å². The maximum Gasteiger partial charge on any atom is 0.254 e. The second kappa shape index (κ2) is 7.10. The molecule has 0 spiro atoms. The van der Waals surface area contributed by atoms with Crippen LogP contribution in [0.15, 0.2) is 37.3 Å². The van der Waals surface area contributed by atoms with E-state index in [1.807, 2.05) is 0 Å². The minimum Gasteiger partial charge on any atom is -0.370 e. The molecule has 2 aliphatic heterocycles. The molecule has 2 aromatic rings. The summed E-state index contributed by atoms with van der Waals surface area (Å²) in [7, 11) is 1.79. The molecule has 4 heterocycles. The molecule has 8 heteroatoms. The quantitative estimate of drug-likeness (QED) is 0.777. The molecule has 1 amide bonds. The lowest BCUT2D eigenvalue weighted by Gasteiger charge is -2.35. The number of halogens is 1. The number of piperidine rings is 1. The van der Waals surface area contributed by atoms with Crippen molar-refractivity contribution in [2.24, 2.45) is 7.05 Å². The Morgan fingerprint density at radius 1 is 1.50 bits per heavy atom. The smallest absolute Gasteiger partial charge is 0.254 e. The van der Waals surface area contributed by atoms with E-state index >= 15 is 4.39 Å². The maximum atomic E-state index is 15.1. The van der Waals surface area contributed by atoms with E-state index in [1.54, 1.807) is 30.2 Å². The van der Waals surface area contributed by atoms with E-state index in [0.29, 0.717) is 28.9 Å². The van der Waals surface area contributed by atoms with E-state index in [9.17, 15) is 4.79 Å². The monoisotopic (exact) mass is 382 g/mol. The van der Waals surface area contributed by atoms with Crippen LogP contribution in [0.3, 0.4) is 0 Å². The normalized spacial score (nSPS) is 18.6. The third-order valence-electron chi connectivity index (χ3n) is 5.27. The number of allylic oxidation sites excluding steroid dienone is 1. The molecular weight excluding hydrogens is 359 g/mol. The molecule has 146 valence electrons. The highest BCUT2D eigenvalue weighted by atomic mass is 19.1. The molecule has 0 unspecified atom stereocenters. The molecule has 1 atom stereocenters. The number of nitrogens with zero attached hydrogens (tertiary/aromatic N) is 4. The van der Waals surface area contributed by atoms with Crippen molar-refractivity contribution in [3.63, 3.8) is 0 Å². The molecule has 0 aliphatic carbocycles. The van der Waals surface area contributed by atoms with Gasteiger partial charge in [0.2, 0.25) is 0 Å². The van der Waals surface area contributed by atoms with E-state index in [4.69, 9.17) is 0 Å². The summed E-state index contributed by atoms with van der Waals surface area (Å²) in [4.78, 5) is 18.9. The van der Waals surface area contributed by atoms with E-state index < -0.39 is 5.82 Å². The maximum absolute atomic E-state index is 15.1. The van der Waals surface area contributed by atoms with Crippen LogP contribution < -0.4 is 10.6 Å². The van der Waals surface area contributed by atoms with Gasteiger partial charge in [-0.15, -0.1) is 0 Å². The highest BCUT2D eigenvalue weighted by Crippen LogP contribution is 2.33. The molecule has 0 aromatic carbocycles. The fourth-order valence-electron chi connectivity index (χ4n) is 3.81. The van der Waals surface area contributed by atoms with Crippen molar-refractivity contribution in [3.05, 3.63) is 54.3 Å². The third-order valence-corrected chi connectivity index (χ3v) is 5.27. The van der Waals surface area contributed by atoms with Crippen molar-refractivity contribution >= 4 is 11.7 Å². The number of hydrogen-bond acceptors (Lipinski definition) is 5. The lowest BCUT2D eigenvalue weighted by molar-refractivity contribution is 0.0966. The van der Waals surface area contributed by atoms with Crippen molar-refractivity contribution in [2.75, 3.05) is 18.4 Å². The average Bonchev–Trinajstić information content (AvgIpc) is 3.30. The highest BCUT2D eigenvalue weighted by Gasteiger charge is 2.31. The third kappa shape index (κ3) is 3.15. The van der Waals surface area contributed by atoms with E-state index in [0.717, 1.165) is 25.1 Å². The molecule has 0 saturated carbocycles. The van der Waals surface area contributed by atoms with Gasteiger partial charge in [0, 0.05) is 55.7 Å². The number of nitrogens with one attached hydrogen (secondary N) is 2. The highest BCUT2D eigenvalue weighted by molar-refractivity contribution is 6.04. The lowest BCUT2D eigenvalue weighted by atomic mass is 10.0. The average molecular weight is 382 g/mol. The molecule has 7 nitrogen and oxygen atoms in total. The summed E-state index contributed by atoms with van der Waals surface area (Å²) in [5.41, 5.74) is 2.64.